The first-order valence-electron chi connectivity index (χ1n) is 5.75. The second-order valence-corrected chi connectivity index (χ2v) is 4.88. The lowest BCUT2D eigenvalue weighted by Crippen LogP contribution is -2.30. The molecule has 0 radical (unpaired) electrons. The second kappa shape index (κ2) is 3.93. The van der Waals surface area contributed by atoms with E-state index in [0.717, 1.165) is 18.1 Å². The largest absolute Gasteiger partial charge is 0.327 e. The van der Waals surface area contributed by atoms with Crippen LogP contribution in [-0.4, -0.2) is 20.8 Å². The first-order chi connectivity index (χ1) is 7.09. The van der Waals surface area contributed by atoms with E-state index in [9.17, 15) is 0 Å². The Balaban J connectivity index is 2.13. The van der Waals surface area contributed by atoms with Gasteiger partial charge >= 0.3 is 0 Å². The molecule has 0 amide bonds. The minimum atomic E-state index is 0.186. The van der Waals surface area contributed by atoms with Crippen LogP contribution in [0, 0.1) is 12.8 Å². The molecule has 0 spiro atoms. The van der Waals surface area contributed by atoms with Gasteiger partial charge in [-0.05, 0) is 25.7 Å². The Hall–Kier alpha value is -0.900. The molecule has 4 heteroatoms. The van der Waals surface area contributed by atoms with Crippen LogP contribution in [0.1, 0.15) is 44.4 Å². The van der Waals surface area contributed by atoms with E-state index in [4.69, 9.17) is 5.73 Å². The van der Waals surface area contributed by atoms with Crippen molar-refractivity contribution in [2.45, 2.75) is 52.1 Å². The molecule has 1 saturated carbocycles. The molecule has 1 atom stereocenters. The molecule has 4 nitrogen and oxygen atoms in total. The summed E-state index contributed by atoms with van der Waals surface area (Å²) in [5, 5.41) is 8.38. The Labute approximate surface area is 90.9 Å². The van der Waals surface area contributed by atoms with Crippen molar-refractivity contribution in [1.82, 2.24) is 14.8 Å². The van der Waals surface area contributed by atoms with Gasteiger partial charge in [0, 0.05) is 18.5 Å². The maximum Gasteiger partial charge on any atom is 0.134 e. The minimum absolute atomic E-state index is 0.186. The molecule has 1 aliphatic rings. The molecule has 1 heterocycles. The molecule has 2 N–H and O–H groups in total. The Kier molecular flexibility index (Phi) is 2.78. The van der Waals surface area contributed by atoms with Crippen molar-refractivity contribution in [3.63, 3.8) is 0 Å². The van der Waals surface area contributed by atoms with Crippen LogP contribution in [0.2, 0.25) is 0 Å². The summed E-state index contributed by atoms with van der Waals surface area (Å²) >= 11 is 0. The molecule has 1 aromatic heterocycles. The first kappa shape index (κ1) is 10.6. The third-order valence-electron chi connectivity index (χ3n) is 3.12. The van der Waals surface area contributed by atoms with Gasteiger partial charge in [-0.25, -0.2) is 0 Å². The molecule has 1 fully saturated rings. The van der Waals surface area contributed by atoms with Gasteiger partial charge in [0.2, 0.25) is 0 Å². The first-order valence-corrected chi connectivity index (χ1v) is 5.75. The molecular weight excluding hydrogens is 188 g/mol. The summed E-state index contributed by atoms with van der Waals surface area (Å²) in [5.41, 5.74) is 6.07. The Morgan fingerprint density at radius 1 is 1.40 bits per heavy atom. The smallest absolute Gasteiger partial charge is 0.134 e. The van der Waals surface area contributed by atoms with E-state index in [0.29, 0.717) is 12.0 Å². The molecular formula is C11H20N4. The fourth-order valence-electron chi connectivity index (χ4n) is 1.81. The topological polar surface area (TPSA) is 56.7 Å². The van der Waals surface area contributed by atoms with Gasteiger partial charge in [-0.2, -0.15) is 0 Å². The number of nitrogens with two attached hydrogens (primary N) is 1. The minimum Gasteiger partial charge on any atom is -0.327 e. The summed E-state index contributed by atoms with van der Waals surface area (Å²) < 4.78 is 2.27. The van der Waals surface area contributed by atoms with E-state index in [1.54, 1.807) is 0 Å². The standard InChI is InChI=1S/C11H20N4/c1-7(2)10(12)6-11-14-13-8(3)15(11)9-4-5-9/h7,9-10H,4-6,12H2,1-3H3. The highest BCUT2D eigenvalue weighted by atomic mass is 15.3. The van der Waals surface area contributed by atoms with Gasteiger partial charge in [-0.15, -0.1) is 10.2 Å². The summed E-state index contributed by atoms with van der Waals surface area (Å²) in [6.45, 7) is 6.32. The highest BCUT2D eigenvalue weighted by molar-refractivity contribution is 5.03. The maximum absolute atomic E-state index is 6.07. The van der Waals surface area contributed by atoms with E-state index < -0.39 is 0 Å². The molecule has 84 valence electrons. The second-order valence-electron chi connectivity index (χ2n) is 4.88. The van der Waals surface area contributed by atoms with Crippen molar-refractivity contribution in [2.75, 3.05) is 0 Å². The summed E-state index contributed by atoms with van der Waals surface area (Å²) in [4.78, 5) is 0. The SMILES string of the molecule is Cc1nnc(CC(N)C(C)C)n1C1CC1. The fourth-order valence-corrected chi connectivity index (χ4v) is 1.81. The van der Waals surface area contributed by atoms with E-state index in [2.05, 4.69) is 28.6 Å². The van der Waals surface area contributed by atoms with Crippen LogP contribution in [-0.2, 0) is 6.42 Å². The molecule has 1 unspecified atom stereocenters. The zero-order valence-electron chi connectivity index (χ0n) is 9.77. The van der Waals surface area contributed by atoms with Crippen LogP contribution in [0.15, 0.2) is 0 Å². The van der Waals surface area contributed by atoms with Gasteiger partial charge in [0.1, 0.15) is 11.6 Å². The van der Waals surface area contributed by atoms with Crippen molar-refractivity contribution in [3.05, 3.63) is 11.6 Å². The van der Waals surface area contributed by atoms with E-state index in [-0.39, 0.29) is 6.04 Å². The molecule has 2 rings (SSSR count). The van der Waals surface area contributed by atoms with Crippen molar-refractivity contribution in [1.29, 1.82) is 0 Å². The zero-order valence-corrected chi connectivity index (χ0v) is 9.77. The summed E-state index contributed by atoms with van der Waals surface area (Å²) in [6.07, 6.45) is 3.38. The van der Waals surface area contributed by atoms with Crippen LogP contribution in [0.25, 0.3) is 0 Å². The Morgan fingerprint density at radius 3 is 2.60 bits per heavy atom. The molecule has 15 heavy (non-hydrogen) atoms. The number of rotatable bonds is 4. The van der Waals surface area contributed by atoms with Crippen LogP contribution in [0.3, 0.4) is 0 Å². The molecule has 0 bridgehead atoms. The van der Waals surface area contributed by atoms with Crippen molar-refractivity contribution in [2.24, 2.45) is 11.7 Å². The third-order valence-corrected chi connectivity index (χ3v) is 3.12. The molecule has 0 aliphatic heterocycles. The third kappa shape index (κ3) is 2.20. The maximum atomic E-state index is 6.07. The van der Waals surface area contributed by atoms with E-state index >= 15 is 0 Å². The van der Waals surface area contributed by atoms with Crippen LogP contribution in [0.4, 0.5) is 0 Å². The van der Waals surface area contributed by atoms with Crippen LogP contribution >= 0.6 is 0 Å². The van der Waals surface area contributed by atoms with Gasteiger partial charge < -0.3 is 10.3 Å². The van der Waals surface area contributed by atoms with Crippen LogP contribution in [0.5, 0.6) is 0 Å². The van der Waals surface area contributed by atoms with Gasteiger partial charge in [0.25, 0.3) is 0 Å². The van der Waals surface area contributed by atoms with E-state index in [1.807, 2.05) is 6.92 Å². The lowest BCUT2D eigenvalue weighted by atomic mass is 10.0. The number of nitrogens with zero attached hydrogens (tertiary/aromatic N) is 3. The number of aryl methyl sites for hydroxylation is 1. The molecule has 1 aliphatic carbocycles. The highest BCUT2D eigenvalue weighted by Crippen LogP contribution is 2.36. The summed E-state index contributed by atoms with van der Waals surface area (Å²) in [5.74, 6) is 2.59. The Bertz CT molecular complexity index is 338. The zero-order chi connectivity index (χ0) is 11.0. The van der Waals surface area contributed by atoms with Gasteiger partial charge in [-0.3, -0.25) is 0 Å². The molecule has 0 saturated heterocycles. The fraction of sp³-hybridized carbons (Fsp3) is 0.818. The van der Waals surface area contributed by atoms with Crippen molar-refractivity contribution >= 4 is 0 Å². The summed E-state index contributed by atoms with van der Waals surface area (Å²) in [6, 6.07) is 0.834. The van der Waals surface area contributed by atoms with Gasteiger partial charge in [0.15, 0.2) is 0 Å². The number of hydrogen-bond acceptors (Lipinski definition) is 3. The quantitative estimate of drug-likeness (QED) is 0.814. The predicted octanol–water partition coefficient (Wildman–Crippen LogP) is 1.45. The van der Waals surface area contributed by atoms with Crippen molar-refractivity contribution < 1.29 is 0 Å². The lowest BCUT2D eigenvalue weighted by Gasteiger charge is -2.15. The predicted molar refractivity (Wildman–Crippen MR) is 59.5 cm³/mol. The molecule has 1 aromatic rings. The van der Waals surface area contributed by atoms with Gasteiger partial charge in [0.05, 0.1) is 0 Å². The highest BCUT2D eigenvalue weighted by Gasteiger charge is 2.28. The Morgan fingerprint density at radius 2 is 2.07 bits per heavy atom. The van der Waals surface area contributed by atoms with Gasteiger partial charge in [-0.1, -0.05) is 13.8 Å². The normalized spacial score (nSPS) is 18.5. The average molecular weight is 208 g/mol. The van der Waals surface area contributed by atoms with Crippen molar-refractivity contribution in [3.8, 4) is 0 Å². The number of aromatic nitrogens is 3. The van der Waals surface area contributed by atoms with E-state index in [1.165, 1.54) is 12.8 Å². The van der Waals surface area contributed by atoms with Crippen LogP contribution < -0.4 is 5.73 Å². The number of hydrogen-bond donors (Lipinski definition) is 1. The summed E-state index contributed by atoms with van der Waals surface area (Å²) in [7, 11) is 0. The molecule has 0 aromatic carbocycles. The lowest BCUT2D eigenvalue weighted by molar-refractivity contribution is 0.470. The average Bonchev–Trinajstić information content (AvgIpc) is 2.93. The monoisotopic (exact) mass is 208 g/mol.